The van der Waals surface area contributed by atoms with E-state index in [9.17, 15) is 18.0 Å². The molecule has 2 aromatic heterocycles. The molecule has 136 valence electrons. The van der Waals surface area contributed by atoms with Crippen LogP contribution >= 0.6 is 11.3 Å². The van der Waals surface area contributed by atoms with Crippen LogP contribution in [0.1, 0.15) is 41.0 Å². The van der Waals surface area contributed by atoms with Gasteiger partial charge in [-0.05, 0) is 12.1 Å². The van der Waals surface area contributed by atoms with Crippen LogP contribution in [-0.4, -0.2) is 29.0 Å². The molecule has 0 aliphatic carbocycles. The molecule has 0 aliphatic rings. The minimum atomic E-state index is -4.48. The Labute approximate surface area is 147 Å². The summed E-state index contributed by atoms with van der Waals surface area (Å²) in [6.45, 7) is 6.29. The highest BCUT2D eigenvalue weighted by Crippen LogP contribution is 2.33. The SMILES string of the molecule is CC(C)(C)c1ncc(C(=O)NCCNc2ncccc2C(F)(F)F)s1. The molecule has 0 bridgehead atoms. The monoisotopic (exact) mass is 372 g/mol. The number of nitrogens with one attached hydrogen (secondary N) is 2. The third-order valence-electron chi connectivity index (χ3n) is 3.19. The zero-order valence-electron chi connectivity index (χ0n) is 14.1. The third-order valence-corrected chi connectivity index (χ3v) is 4.61. The molecule has 0 atom stereocenters. The zero-order valence-corrected chi connectivity index (χ0v) is 14.9. The van der Waals surface area contributed by atoms with E-state index in [1.54, 1.807) is 0 Å². The van der Waals surface area contributed by atoms with Gasteiger partial charge in [0.2, 0.25) is 0 Å². The summed E-state index contributed by atoms with van der Waals surface area (Å²) in [6.07, 6.45) is -1.69. The molecule has 0 spiro atoms. The number of nitrogens with zero attached hydrogens (tertiary/aromatic N) is 2. The lowest BCUT2D eigenvalue weighted by atomic mass is 9.98. The van der Waals surface area contributed by atoms with Crippen molar-refractivity contribution in [2.24, 2.45) is 0 Å². The number of carbonyl (C=O) groups is 1. The van der Waals surface area contributed by atoms with Gasteiger partial charge in [0.05, 0.1) is 16.8 Å². The topological polar surface area (TPSA) is 66.9 Å². The first-order chi connectivity index (χ1) is 11.6. The van der Waals surface area contributed by atoms with Crippen molar-refractivity contribution in [2.45, 2.75) is 32.4 Å². The Morgan fingerprint density at radius 3 is 2.52 bits per heavy atom. The molecule has 0 unspecified atom stereocenters. The second kappa shape index (κ2) is 7.38. The fourth-order valence-corrected chi connectivity index (χ4v) is 2.83. The molecular weight excluding hydrogens is 353 g/mol. The van der Waals surface area contributed by atoms with E-state index in [4.69, 9.17) is 0 Å². The first-order valence-corrected chi connectivity index (χ1v) is 8.41. The van der Waals surface area contributed by atoms with Gasteiger partial charge < -0.3 is 10.6 Å². The average molecular weight is 372 g/mol. The number of pyridine rings is 1. The first-order valence-electron chi connectivity index (χ1n) is 7.59. The van der Waals surface area contributed by atoms with E-state index in [-0.39, 0.29) is 30.2 Å². The lowest BCUT2D eigenvalue weighted by Crippen LogP contribution is -2.28. The number of anilines is 1. The molecule has 2 N–H and O–H groups in total. The zero-order chi connectivity index (χ0) is 18.7. The van der Waals surface area contributed by atoms with E-state index >= 15 is 0 Å². The number of halogens is 3. The van der Waals surface area contributed by atoms with Gasteiger partial charge in [-0.15, -0.1) is 11.3 Å². The van der Waals surface area contributed by atoms with Gasteiger partial charge >= 0.3 is 6.18 Å². The molecule has 0 saturated carbocycles. The predicted molar refractivity (Wildman–Crippen MR) is 90.9 cm³/mol. The van der Waals surface area contributed by atoms with E-state index in [0.29, 0.717) is 4.88 Å². The summed E-state index contributed by atoms with van der Waals surface area (Å²) in [5.41, 5.74) is -0.976. The molecule has 25 heavy (non-hydrogen) atoms. The molecule has 0 aliphatic heterocycles. The summed E-state index contributed by atoms with van der Waals surface area (Å²) in [6, 6.07) is 2.19. The minimum Gasteiger partial charge on any atom is -0.368 e. The van der Waals surface area contributed by atoms with E-state index in [1.807, 2.05) is 20.8 Å². The van der Waals surface area contributed by atoms with Crippen molar-refractivity contribution >= 4 is 23.1 Å². The quantitative estimate of drug-likeness (QED) is 0.786. The van der Waals surface area contributed by atoms with Crippen LogP contribution in [0, 0.1) is 0 Å². The van der Waals surface area contributed by atoms with E-state index in [1.165, 1.54) is 29.8 Å². The summed E-state index contributed by atoms with van der Waals surface area (Å²) in [7, 11) is 0. The van der Waals surface area contributed by atoms with Gasteiger partial charge in [0.15, 0.2) is 0 Å². The predicted octanol–water partition coefficient (Wildman–Crippen LogP) is 3.70. The number of hydrogen-bond donors (Lipinski definition) is 2. The molecule has 9 heteroatoms. The third kappa shape index (κ3) is 5.15. The Morgan fingerprint density at radius 2 is 1.92 bits per heavy atom. The van der Waals surface area contributed by atoms with Crippen LogP contribution in [-0.2, 0) is 11.6 Å². The molecule has 0 fully saturated rings. The number of aromatic nitrogens is 2. The smallest absolute Gasteiger partial charge is 0.368 e. The maximum atomic E-state index is 12.9. The molecule has 1 amide bonds. The van der Waals surface area contributed by atoms with Gasteiger partial charge in [-0.1, -0.05) is 20.8 Å². The number of amides is 1. The van der Waals surface area contributed by atoms with Crippen LogP contribution in [0.4, 0.5) is 19.0 Å². The molecule has 2 heterocycles. The van der Waals surface area contributed by atoms with Crippen molar-refractivity contribution < 1.29 is 18.0 Å². The number of thiazole rings is 1. The van der Waals surface area contributed by atoms with Crippen molar-refractivity contribution in [1.29, 1.82) is 0 Å². The van der Waals surface area contributed by atoms with Crippen LogP contribution in [0.5, 0.6) is 0 Å². The Balaban J connectivity index is 1.88. The Hall–Kier alpha value is -2.16. The van der Waals surface area contributed by atoms with Crippen LogP contribution in [0.3, 0.4) is 0 Å². The van der Waals surface area contributed by atoms with Crippen molar-refractivity contribution in [1.82, 2.24) is 15.3 Å². The highest BCUT2D eigenvalue weighted by Gasteiger charge is 2.33. The van der Waals surface area contributed by atoms with Gasteiger partial charge in [-0.2, -0.15) is 13.2 Å². The molecule has 2 aromatic rings. The first kappa shape index (κ1) is 19.2. The Bertz CT molecular complexity index is 737. The summed E-state index contributed by atoms with van der Waals surface area (Å²) < 4.78 is 38.6. The Morgan fingerprint density at radius 1 is 1.20 bits per heavy atom. The largest absolute Gasteiger partial charge is 0.419 e. The van der Waals surface area contributed by atoms with E-state index in [2.05, 4.69) is 20.6 Å². The fourth-order valence-electron chi connectivity index (χ4n) is 1.94. The summed E-state index contributed by atoms with van der Waals surface area (Å²) in [4.78, 5) is 20.5. The van der Waals surface area contributed by atoms with E-state index < -0.39 is 11.7 Å². The van der Waals surface area contributed by atoms with Gasteiger partial charge in [-0.3, -0.25) is 4.79 Å². The maximum Gasteiger partial charge on any atom is 0.419 e. The van der Waals surface area contributed by atoms with Crippen LogP contribution in [0.15, 0.2) is 24.5 Å². The van der Waals surface area contributed by atoms with Gasteiger partial charge in [0.1, 0.15) is 10.7 Å². The minimum absolute atomic E-state index is 0.122. The van der Waals surface area contributed by atoms with Crippen molar-refractivity contribution in [3.05, 3.63) is 40.0 Å². The van der Waals surface area contributed by atoms with Gasteiger partial charge in [0, 0.05) is 24.7 Å². The second-order valence-corrected chi connectivity index (χ2v) is 7.39. The highest BCUT2D eigenvalue weighted by atomic mass is 32.1. The molecular formula is C16H19F3N4OS. The maximum absolute atomic E-state index is 12.9. The summed E-state index contributed by atoms with van der Waals surface area (Å²) in [5, 5.41) is 6.10. The number of alkyl halides is 3. The standard InChI is InChI=1S/C16H19F3N4OS/c1-15(2,3)14-23-9-11(25-14)13(24)22-8-7-21-12-10(16(17,18)19)5-4-6-20-12/h4-6,9H,7-8H2,1-3H3,(H,20,21)(H,22,24). The number of hydrogen-bond acceptors (Lipinski definition) is 5. The van der Waals surface area contributed by atoms with Crippen LogP contribution in [0.2, 0.25) is 0 Å². The highest BCUT2D eigenvalue weighted by molar-refractivity contribution is 7.13. The van der Waals surface area contributed by atoms with Crippen LogP contribution < -0.4 is 10.6 Å². The lowest BCUT2D eigenvalue weighted by Gasteiger charge is -2.13. The molecule has 0 aromatic carbocycles. The molecule has 2 rings (SSSR count). The van der Waals surface area contributed by atoms with Gasteiger partial charge in [0.25, 0.3) is 5.91 Å². The molecule has 0 radical (unpaired) electrons. The second-order valence-electron chi connectivity index (χ2n) is 6.36. The lowest BCUT2D eigenvalue weighted by molar-refractivity contribution is -0.137. The number of rotatable bonds is 5. The average Bonchev–Trinajstić information content (AvgIpc) is 3.01. The van der Waals surface area contributed by atoms with Crippen molar-refractivity contribution in [2.75, 3.05) is 18.4 Å². The van der Waals surface area contributed by atoms with Crippen molar-refractivity contribution in [3.8, 4) is 0 Å². The normalized spacial score (nSPS) is 12.1. The fraction of sp³-hybridized carbons (Fsp3) is 0.438. The Kier molecular flexibility index (Phi) is 5.66. The van der Waals surface area contributed by atoms with Crippen molar-refractivity contribution in [3.63, 3.8) is 0 Å². The van der Waals surface area contributed by atoms with Crippen LogP contribution in [0.25, 0.3) is 0 Å². The van der Waals surface area contributed by atoms with E-state index in [0.717, 1.165) is 11.1 Å². The summed E-state index contributed by atoms with van der Waals surface area (Å²) >= 11 is 1.30. The van der Waals surface area contributed by atoms with Gasteiger partial charge in [-0.25, -0.2) is 9.97 Å². The summed E-state index contributed by atoms with van der Waals surface area (Å²) in [5.74, 6) is -0.552. The molecule has 5 nitrogen and oxygen atoms in total. The number of carbonyl (C=O) groups excluding carboxylic acids is 1. The molecule has 0 saturated heterocycles.